The van der Waals surface area contributed by atoms with Gasteiger partial charge in [0.2, 0.25) is 5.82 Å². The lowest BCUT2D eigenvalue weighted by molar-refractivity contribution is -0.982. The largest absolute Gasteiger partial charge is 1.00 e. The van der Waals surface area contributed by atoms with Gasteiger partial charge < -0.3 is 29.7 Å². The molecule has 1 aromatic heterocycles. The van der Waals surface area contributed by atoms with E-state index in [1.807, 2.05) is 18.3 Å². The zero-order chi connectivity index (χ0) is 13.8. The van der Waals surface area contributed by atoms with Crippen molar-refractivity contribution in [1.29, 1.82) is 0 Å². The van der Waals surface area contributed by atoms with Gasteiger partial charge >= 0.3 is 0 Å². The van der Waals surface area contributed by atoms with Crippen molar-refractivity contribution in [2.75, 3.05) is 39.3 Å². The zero-order valence-electron chi connectivity index (χ0n) is 12.1. The minimum absolute atomic E-state index is 0. The van der Waals surface area contributed by atoms with Crippen LogP contribution in [0.3, 0.4) is 0 Å². The van der Waals surface area contributed by atoms with Gasteiger partial charge in [0.15, 0.2) is 5.84 Å². The van der Waals surface area contributed by atoms with E-state index in [9.17, 15) is 4.79 Å². The van der Waals surface area contributed by atoms with Gasteiger partial charge in [-0.05, 0) is 6.07 Å². The lowest BCUT2D eigenvalue weighted by Crippen LogP contribution is -3.26. The second-order valence-electron chi connectivity index (χ2n) is 5.18. The van der Waals surface area contributed by atoms with Crippen LogP contribution in [0, 0.1) is 0 Å². The summed E-state index contributed by atoms with van der Waals surface area (Å²) in [5.74, 6) is 1.93. The average Bonchev–Trinajstić information content (AvgIpc) is 2.51. The molecule has 3 rings (SSSR count). The minimum atomic E-state index is -0.0758. The fourth-order valence-electron chi connectivity index (χ4n) is 2.64. The number of amidine groups is 1. The number of amides is 1. The molecule has 1 aromatic rings. The van der Waals surface area contributed by atoms with Gasteiger partial charge in [-0.1, -0.05) is 6.07 Å². The van der Waals surface area contributed by atoms with E-state index in [1.165, 1.54) is 9.80 Å². The van der Waals surface area contributed by atoms with E-state index >= 15 is 0 Å². The van der Waals surface area contributed by atoms with E-state index in [0.717, 1.165) is 44.4 Å². The van der Waals surface area contributed by atoms with Crippen LogP contribution in [0.25, 0.3) is 0 Å². The molecule has 1 amide bonds. The molecule has 0 bridgehead atoms. The van der Waals surface area contributed by atoms with Crippen LogP contribution < -0.4 is 45.5 Å². The Morgan fingerprint density at radius 2 is 1.86 bits per heavy atom. The van der Waals surface area contributed by atoms with Gasteiger partial charge in [-0.15, -0.1) is 0 Å². The average molecular weight is 347 g/mol. The van der Waals surface area contributed by atoms with Crippen molar-refractivity contribution in [2.24, 2.45) is 4.99 Å². The lowest BCUT2D eigenvalue weighted by atomic mass is 10.3. The molecule has 9 heteroatoms. The number of nitrogens with zero attached hydrogens (tertiary/aromatic N) is 2. The van der Waals surface area contributed by atoms with Gasteiger partial charge in [-0.25, -0.2) is 4.98 Å². The predicted molar refractivity (Wildman–Crippen MR) is 73.7 cm³/mol. The van der Waals surface area contributed by atoms with Crippen molar-refractivity contribution < 1.29 is 39.4 Å². The fraction of sp³-hybridized carbons (Fsp3) is 0.462. The molecular formula is C13H20Cl2N6O. The van der Waals surface area contributed by atoms with E-state index in [1.54, 1.807) is 0 Å². The summed E-state index contributed by atoms with van der Waals surface area (Å²) in [4.78, 5) is 22.6. The Balaban J connectivity index is 0.00000121. The molecule has 7 nitrogen and oxygen atoms in total. The van der Waals surface area contributed by atoms with Crippen molar-refractivity contribution in [3.63, 3.8) is 0 Å². The number of aliphatic imine (C=N–C) groups is 1. The zero-order valence-corrected chi connectivity index (χ0v) is 13.6. The molecule has 0 atom stereocenters. The molecule has 2 aliphatic heterocycles. The van der Waals surface area contributed by atoms with Crippen molar-refractivity contribution >= 4 is 17.6 Å². The van der Waals surface area contributed by atoms with Gasteiger partial charge in [-0.3, -0.25) is 25.5 Å². The monoisotopic (exact) mass is 346 g/mol. The number of halogens is 2. The first-order valence-corrected chi connectivity index (χ1v) is 6.99. The summed E-state index contributed by atoms with van der Waals surface area (Å²) in [7, 11) is 0. The van der Waals surface area contributed by atoms with Crippen molar-refractivity contribution in [2.45, 2.75) is 0 Å². The molecule has 22 heavy (non-hydrogen) atoms. The van der Waals surface area contributed by atoms with Crippen molar-refractivity contribution in [3.05, 3.63) is 24.4 Å². The van der Waals surface area contributed by atoms with Crippen LogP contribution in [0.2, 0.25) is 0 Å². The van der Waals surface area contributed by atoms with Crippen LogP contribution in [0.1, 0.15) is 0 Å². The minimum Gasteiger partial charge on any atom is -1.00 e. The number of quaternary nitrogens is 2. The van der Waals surface area contributed by atoms with Crippen LogP contribution in [-0.4, -0.2) is 56.0 Å². The fourth-order valence-corrected chi connectivity index (χ4v) is 2.64. The number of rotatable bonds is 3. The number of hydrogen-bond acceptors (Lipinski definition) is 4. The number of carbonyl (C=O) groups excluding carboxylic acids is 1. The van der Waals surface area contributed by atoms with Gasteiger partial charge in [0, 0.05) is 12.3 Å². The SMILES string of the molecule is O=C1CN=C(C[NH+]2CC[NH+](c3ccccn3)CC2)NN1.[Cl-].[Cl-]. The van der Waals surface area contributed by atoms with E-state index in [-0.39, 0.29) is 37.3 Å². The molecule has 0 aromatic carbocycles. The van der Waals surface area contributed by atoms with E-state index in [0.29, 0.717) is 0 Å². The molecule has 0 unspecified atom stereocenters. The number of hydrogen-bond donors (Lipinski definition) is 4. The Morgan fingerprint density at radius 3 is 2.45 bits per heavy atom. The van der Waals surface area contributed by atoms with Gasteiger partial charge in [0.25, 0.3) is 5.91 Å². The van der Waals surface area contributed by atoms with Gasteiger partial charge in [-0.2, -0.15) is 0 Å². The lowest BCUT2D eigenvalue weighted by Gasteiger charge is -2.29. The van der Waals surface area contributed by atoms with Crippen LogP contribution in [0.15, 0.2) is 29.4 Å². The molecule has 0 aliphatic carbocycles. The van der Waals surface area contributed by atoms with E-state index < -0.39 is 0 Å². The number of hydrazine groups is 1. The number of piperazine rings is 1. The highest BCUT2D eigenvalue weighted by Gasteiger charge is 2.26. The Bertz CT molecular complexity index is 505. The summed E-state index contributed by atoms with van der Waals surface area (Å²) in [6, 6.07) is 6.08. The first kappa shape index (κ1) is 18.6. The maximum Gasteiger partial charge on any atom is 0.260 e. The van der Waals surface area contributed by atoms with Crippen molar-refractivity contribution in [3.8, 4) is 0 Å². The Hall–Kier alpha value is -1.41. The van der Waals surface area contributed by atoms with Gasteiger partial charge in [0.1, 0.15) is 39.3 Å². The molecule has 4 N–H and O–H groups in total. The predicted octanol–water partition coefficient (Wildman–Crippen LogP) is -9.46. The second kappa shape index (κ2) is 8.89. The molecule has 0 saturated carbocycles. The number of aromatic nitrogens is 1. The van der Waals surface area contributed by atoms with E-state index in [2.05, 4.69) is 26.9 Å². The summed E-state index contributed by atoms with van der Waals surface area (Å²) in [6.07, 6.45) is 1.85. The van der Waals surface area contributed by atoms with Crippen LogP contribution in [0.4, 0.5) is 5.82 Å². The highest BCUT2D eigenvalue weighted by molar-refractivity contribution is 5.91. The quantitative estimate of drug-likeness (QED) is 0.439. The Kier molecular flexibility index (Phi) is 7.53. The first-order valence-electron chi connectivity index (χ1n) is 6.99. The first-order chi connectivity index (χ1) is 9.81. The number of nitrogens with one attached hydrogen (secondary N) is 4. The summed E-state index contributed by atoms with van der Waals surface area (Å²) in [5, 5.41) is 0. The Morgan fingerprint density at radius 1 is 1.09 bits per heavy atom. The number of carbonyl (C=O) groups is 1. The molecule has 3 heterocycles. The highest BCUT2D eigenvalue weighted by atomic mass is 35.5. The van der Waals surface area contributed by atoms with Crippen molar-refractivity contribution in [1.82, 2.24) is 15.8 Å². The van der Waals surface area contributed by atoms with Crippen LogP contribution >= 0.6 is 0 Å². The van der Waals surface area contributed by atoms with E-state index in [4.69, 9.17) is 0 Å². The highest BCUT2D eigenvalue weighted by Crippen LogP contribution is 1.92. The molecule has 1 fully saturated rings. The summed E-state index contributed by atoms with van der Waals surface area (Å²) in [6.45, 7) is 5.40. The molecular weight excluding hydrogens is 327 g/mol. The molecule has 122 valence electrons. The smallest absolute Gasteiger partial charge is 0.260 e. The Labute approximate surface area is 142 Å². The summed E-state index contributed by atoms with van der Waals surface area (Å²) >= 11 is 0. The van der Waals surface area contributed by atoms with Crippen LogP contribution in [-0.2, 0) is 4.79 Å². The molecule has 0 spiro atoms. The summed E-state index contributed by atoms with van der Waals surface area (Å²) in [5.41, 5.74) is 5.48. The normalized spacial score (nSPS) is 24.0. The number of pyridine rings is 1. The third-order valence-corrected chi connectivity index (χ3v) is 3.76. The third-order valence-electron chi connectivity index (χ3n) is 3.76. The van der Waals surface area contributed by atoms with Crippen LogP contribution in [0.5, 0.6) is 0 Å². The molecule has 2 aliphatic rings. The molecule has 1 saturated heterocycles. The van der Waals surface area contributed by atoms with Gasteiger partial charge in [0.05, 0.1) is 0 Å². The maximum absolute atomic E-state index is 11.0. The second-order valence-corrected chi connectivity index (χ2v) is 5.18. The maximum atomic E-state index is 11.0. The summed E-state index contributed by atoms with van der Waals surface area (Å²) < 4.78 is 0. The topological polar surface area (TPSA) is 75.3 Å². The standard InChI is InChI=1S/C13H18N6O.2ClH/c20-13-9-15-11(16-17-13)10-18-5-7-19(8-6-18)12-3-1-2-4-14-12;;/h1-4H,5-10H2,(H,15,16)(H,17,20);2*1H. The third kappa shape index (κ3) is 4.81. The molecule has 0 radical (unpaired) electrons.